The van der Waals surface area contributed by atoms with Gasteiger partial charge in [0.25, 0.3) is 0 Å². The van der Waals surface area contributed by atoms with E-state index in [0.29, 0.717) is 12.2 Å². The van der Waals surface area contributed by atoms with E-state index in [0.717, 1.165) is 12.8 Å². The van der Waals surface area contributed by atoms with Crippen LogP contribution >= 0.6 is 0 Å². The zero-order chi connectivity index (χ0) is 9.52. The Morgan fingerprint density at radius 1 is 1.62 bits per heavy atom. The minimum atomic E-state index is -0.165. The predicted octanol–water partition coefficient (Wildman–Crippen LogP) is 2.58. The van der Waals surface area contributed by atoms with Gasteiger partial charge in [-0.1, -0.05) is 25.5 Å². The molecule has 1 radical (unpaired) electrons. The molecule has 0 heterocycles. The summed E-state index contributed by atoms with van der Waals surface area (Å²) in [6.45, 7) is 2.05. The number of carbonyl (C=O) groups excluding carboxylic acids is 1. The van der Waals surface area contributed by atoms with E-state index >= 15 is 0 Å². The van der Waals surface area contributed by atoms with Crippen molar-refractivity contribution in [3.8, 4) is 5.75 Å². The van der Waals surface area contributed by atoms with Crippen molar-refractivity contribution in [1.82, 2.24) is 0 Å². The van der Waals surface area contributed by atoms with E-state index in [-0.39, 0.29) is 5.97 Å². The number of hydrogen-bond acceptors (Lipinski definition) is 2. The normalized spacial score (nSPS) is 9.62. The fourth-order valence-electron chi connectivity index (χ4n) is 0.944. The molecular weight excluding hydrogens is 164 g/mol. The molecule has 0 amide bonds. The molecule has 0 fully saturated rings. The lowest BCUT2D eigenvalue weighted by Crippen LogP contribution is -2.06. The highest BCUT2D eigenvalue weighted by atomic mass is 16.5. The van der Waals surface area contributed by atoms with Crippen molar-refractivity contribution in [2.45, 2.75) is 26.2 Å². The predicted molar refractivity (Wildman–Crippen MR) is 50.4 cm³/mol. The van der Waals surface area contributed by atoms with E-state index in [1.165, 1.54) is 0 Å². The molecule has 69 valence electrons. The Labute approximate surface area is 78.5 Å². The molecule has 13 heavy (non-hydrogen) atoms. The van der Waals surface area contributed by atoms with Crippen LogP contribution in [0, 0.1) is 6.07 Å². The lowest BCUT2D eigenvalue weighted by molar-refractivity contribution is -0.134. The van der Waals surface area contributed by atoms with E-state index in [9.17, 15) is 4.79 Å². The number of ether oxygens (including phenoxy) is 1. The van der Waals surface area contributed by atoms with E-state index in [1.54, 1.807) is 24.3 Å². The molecule has 0 saturated carbocycles. The second kappa shape index (κ2) is 5.36. The van der Waals surface area contributed by atoms with E-state index in [4.69, 9.17) is 4.74 Å². The third-order valence-corrected chi connectivity index (χ3v) is 1.64. The van der Waals surface area contributed by atoms with Crippen LogP contribution < -0.4 is 4.74 Å². The first-order valence-electron chi connectivity index (χ1n) is 4.49. The third kappa shape index (κ3) is 3.74. The third-order valence-electron chi connectivity index (χ3n) is 1.64. The maximum atomic E-state index is 11.1. The molecule has 0 aliphatic rings. The van der Waals surface area contributed by atoms with Gasteiger partial charge in [0.1, 0.15) is 5.75 Å². The van der Waals surface area contributed by atoms with Crippen LogP contribution in [0.15, 0.2) is 24.3 Å². The van der Waals surface area contributed by atoms with Crippen molar-refractivity contribution in [2.75, 3.05) is 0 Å². The van der Waals surface area contributed by atoms with Crippen LogP contribution in [0.25, 0.3) is 0 Å². The van der Waals surface area contributed by atoms with Crippen LogP contribution in [0.3, 0.4) is 0 Å². The molecule has 1 aromatic rings. The molecule has 0 N–H and O–H groups in total. The summed E-state index contributed by atoms with van der Waals surface area (Å²) in [5.41, 5.74) is 0. The summed E-state index contributed by atoms with van der Waals surface area (Å²) < 4.78 is 5.05. The zero-order valence-corrected chi connectivity index (χ0v) is 7.75. The van der Waals surface area contributed by atoms with Crippen molar-refractivity contribution in [3.05, 3.63) is 30.3 Å². The van der Waals surface area contributed by atoms with Crippen LogP contribution in [0.2, 0.25) is 0 Å². The van der Waals surface area contributed by atoms with Gasteiger partial charge in [-0.15, -0.1) is 0 Å². The van der Waals surface area contributed by atoms with Crippen molar-refractivity contribution in [3.63, 3.8) is 0 Å². The van der Waals surface area contributed by atoms with Gasteiger partial charge in [0.15, 0.2) is 0 Å². The first-order chi connectivity index (χ1) is 6.33. The first-order valence-corrected chi connectivity index (χ1v) is 4.49. The highest BCUT2D eigenvalue weighted by molar-refractivity contribution is 5.72. The SMILES string of the molecule is CCCCC(=O)Oc1c[c]ccc1. The summed E-state index contributed by atoms with van der Waals surface area (Å²) in [5.74, 6) is 0.407. The molecule has 0 aliphatic heterocycles. The van der Waals surface area contributed by atoms with E-state index < -0.39 is 0 Å². The van der Waals surface area contributed by atoms with Gasteiger partial charge in [0.05, 0.1) is 0 Å². The molecule has 0 aliphatic carbocycles. The minimum Gasteiger partial charge on any atom is -0.427 e. The van der Waals surface area contributed by atoms with Gasteiger partial charge in [-0.25, -0.2) is 0 Å². The maximum Gasteiger partial charge on any atom is 0.311 e. The number of hydrogen-bond donors (Lipinski definition) is 0. The minimum absolute atomic E-state index is 0.165. The molecule has 1 aromatic carbocycles. The quantitative estimate of drug-likeness (QED) is 0.522. The average Bonchev–Trinajstić information content (AvgIpc) is 2.16. The molecule has 0 spiro atoms. The molecule has 0 atom stereocenters. The highest BCUT2D eigenvalue weighted by Gasteiger charge is 2.02. The van der Waals surface area contributed by atoms with Gasteiger partial charge < -0.3 is 4.74 Å². The van der Waals surface area contributed by atoms with Crippen molar-refractivity contribution in [2.24, 2.45) is 0 Å². The Balaban J connectivity index is 2.37. The van der Waals surface area contributed by atoms with Crippen LogP contribution in [-0.2, 0) is 4.79 Å². The monoisotopic (exact) mass is 177 g/mol. The van der Waals surface area contributed by atoms with Gasteiger partial charge in [-0.05, 0) is 24.6 Å². The van der Waals surface area contributed by atoms with Crippen LogP contribution in [0.1, 0.15) is 26.2 Å². The maximum absolute atomic E-state index is 11.1. The second-order valence-corrected chi connectivity index (χ2v) is 2.82. The number of esters is 1. The summed E-state index contributed by atoms with van der Waals surface area (Å²) >= 11 is 0. The Bertz CT molecular complexity index is 254. The Kier molecular flexibility index (Phi) is 4.03. The van der Waals surface area contributed by atoms with Crippen molar-refractivity contribution >= 4 is 5.97 Å². The summed E-state index contributed by atoms with van der Waals surface area (Å²) in [6, 6.07) is 9.81. The van der Waals surface area contributed by atoms with Gasteiger partial charge >= 0.3 is 5.97 Å². The molecule has 0 unspecified atom stereocenters. The summed E-state index contributed by atoms with van der Waals surface area (Å²) in [7, 11) is 0. The summed E-state index contributed by atoms with van der Waals surface area (Å²) in [4.78, 5) is 11.1. The first kappa shape index (κ1) is 9.78. The average molecular weight is 177 g/mol. The van der Waals surface area contributed by atoms with Crippen molar-refractivity contribution in [1.29, 1.82) is 0 Å². The Morgan fingerprint density at radius 3 is 3.08 bits per heavy atom. The van der Waals surface area contributed by atoms with Gasteiger partial charge in [0, 0.05) is 6.42 Å². The second-order valence-electron chi connectivity index (χ2n) is 2.82. The molecule has 0 bridgehead atoms. The largest absolute Gasteiger partial charge is 0.427 e. The smallest absolute Gasteiger partial charge is 0.311 e. The molecule has 2 nitrogen and oxygen atoms in total. The lowest BCUT2D eigenvalue weighted by Gasteiger charge is -2.02. The summed E-state index contributed by atoms with van der Waals surface area (Å²) in [5, 5.41) is 0. The fourth-order valence-corrected chi connectivity index (χ4v) is 0.944. The summed E-state index contributed by atoms with van der Waals surface area (Å²) in [6.07, 6.45) is 2.39. The fraction of sp³-hybridized carbons (Fsp3) is 0.364. The van der Waals surface area contributed by atoms with Crippen LogP contribution in [0.5, 0.6) is 5.75 Å². The van der Waals surface area contributed by atoms with Gasteiger partial charge in [-0.2, -0.15) is 0 Å². The number of rotatable bonds is 4. The standard InChI is InChI=1S/C11H13O2/c1-2-3-9-11(12)13-10-7-5-4-6-8-10/h4-5,7-8H,2-3,9H2,1H3. The Hall–Kier alpha value is -1.31. The molecule has 0 saturated heterocycles. The number of benzene rings is 1. The van der Waals surface area contributed by atoms with E-state index in [1.807, 2.05) is 6.92 Å². The van der Waals surface area contributed by atoms with Gasteiger partial charge in [-0.3, -0.25) is 4.79 Å². The highest BCUT2D eigenvalue weighted by Crippen LogP contribution is 2.09. The topological polar surface area (TPSA) is 26.3 Å². The molecule has 2 heteroatoms. The molecule has 1 rings (SSSR count). The zero-order valence-electron chi connectivity index (χ0n) is 7.75. The number of unbranched alkanes of at least 4 members (excludes halogenated alkanes) is 1. The molecule has 0 aromatic heterocycles. The van der Waals surface area contributed by atoms with Crippen LogP contribution in [0.4, 0.5) is 0 Å². The van der Waals surface area contributed by atoms with E-state index in [2.05, 4.69) is 6.07 Å². The Morgan fingerprint density at radius 2 is 2.46 bits per heavy atom. The number of carbonyl (C=O) groups is 1. The van der Waals surface area contributed by atoms with Crippen LogP contribution in [-0.4, -0.2) is 5.97 Å². The van der Waals surface area contributed by atoms with Crippen molar-refractivity contribution < 1.29 is 9.53 Å². The lowest BCUT2D eigenvalue weighted by atomic mass is 10.2. The molecular formula is C11H13O2. The van der Waals surface area contributed by atoms with Gasteiger partial charge in [0.2, 0.25) is 0 Å².